The zero-order valence-corrected chi connectivity index (χ0v) is 17.3. The average molecular weight is 453 g/mol. The summed E-state index contributed by atoms with van der Waals surface area (Å²) in [4.78, 5) is 65.0. The van der Waals surface area contributed by atoms with Crippen LogP contribution in [0.4, 0.5) is 4.39 Å². The lowest BCUT2D eigenvalue weighted by molar-refractivity contribution is -0.333. The Morgan fingerprint density at radius 3 is 1.97 bits per heavy atom. The molecule has 11 nitrogen and oxygen atoms in total. The molecule has 0 aliphatic carbocycles. The largest absolute Gasteiger partial charge is 0.463 e. The van der Waals surface area contributed by atoms with Crippen LogP contribution in [-0.4, -0.2) is 72.2 Å². The third kappa shape index (κ3) is 4.75. The monoisotopic (exact) mass is 453 g/mol. The molecule has 5 atom stereocenters. The van der Waals surface area contributed by atoms with Gasteiger partial charge in [-0.25, -0.2) is 9.23 Å². The van der Waals surface area contributed by atoms with Crippen molar-refractivity contribution in [3.05, 3.63) is 35.4 Å². The third-order valence-electron chi connectivity index (χ3n) is 4.59. The van der Waals surface area contributed by atoms with Gasteiger partial charge in [0.05, 0.1) is 11.1 Å². The molecule has 2 heterocycles. The Balaban J connectivity index is 1.91. The van der Waals surface area contributed by atoms with Gasteiger partial charge in [0.1, 0.15) is 12.7 Å². The molecular weight excluding hydrogens is 433 g/mol. The predicted octanol–water partition coefficient (Wildman–Crippen LogP) is 0.704. The minimum absolute atomic E-state index is 0.0636. The molecule has 0 N–H and O–H groups in total. The van der Waals surface area contributed by atoms with Crippen molar-refractivity contribution in [2.24, 2.45) is 0 Å². The van der Waals surface area contributed by atoms with E-state index < -0.39 is 67.1 Å². The first-order chi connectivity index (χ1) is 15.1. The van der Waals surface area contributed by atoms with E-state index in [0.717, 1.165) is 20.8 Å². The molecule has 2 aliphatic rings. The number of carbonyl (C=O) groups is 5. The number of benzene rings is 1. The molecule has 1 aromatic rings. The van der Waals surface area contributed by atoms with Crippen LogP contribution < -0.4 is 0 Å². The Morgan fingerprint density at radius 1 is 0.938 bits per heavy atom. The highest BCUT2D eigenvalue weighted by Crippen LogP contribution is 2.32. The summed E-state index contributed by atoms with van der Waals surface area (Å²) in [6.45, 7) is 2.52. The Bertz CT molecular complexity index is 915. The van der Waals surface area contributed by atoms with Crippen molar-refractivity contribution < 1.29 is 52.1 Å². The van der Waals surface area contributed by atoms with Crippen molar-refractivity contribution in [3.8, 4) is 0 Å². The van der Waals surface area contributed by atoms with Crippen molar-refractivity contribution in [2.75, 3.05) is 6.61 Å². The van der Waals surface area contributed by atoms with Crippen LogP contribution in [-0.2, 0) is 38.2 Å². The summed E-state index contributed by atoms with van der Waals surface area (Å²) in [7, 11) is 0. The summed E-state index contributed by atoms with van der Waals surface area (Å²) in [6, 6.07) is 5.91. The van der Waals surface area contributed by atoms with Crippen LogP contribution in [0.25, 0.3) is 0 Å². The number of alkyl halides is 1. The maximum atomic E-state index is 15.1. The second-order valence-electron chi connectivity index (χ2n) is 6.99. The van der Waals surface area contributed by atoms with Gasteiger partial charge in [0.25, 0.3) is 11.8 Å². The van der Waals surface area contributed by atoms with E-state index in [1.54, 1.807) is 12.1 Å². The van der Waals surface area contributed by atoms with Crippen molar-refractivity contribution in [3.63, 3.8) is 0 Å². The highest BCUT2D eigenvalue weighted by Gasteiger charge is 2.53. The first-order valence-corrected chi connectivity index (χ1v) is 9.52. The zero-order chi connectivity index (χ0) is 23.6. The molecule has 12 heteroatoms. The third-order valence-corrected chi connectivity index (χ3v) is 4.59. The first kappa shape index (κ1) is 23.3. The molecule has 172 valence electrons. The van der Waals surface area contributed by atoms with E-state index in [9.17, 15) is 24.0 Å². The quantitative estimate of drug-likeness (QED) is 0.344. The van der Waals surface area contributed by atoms with Crippen molar-refractivity contribution in [1.82, 2.24) is 5.06 Å². The maximum Gasteiger partial charge on any atom is 0.303 e. The van der Waals surface area contributed by atoms with Gasteiger partial charge in [-0.2, -0.15) is 0 Å². The molecule has 0 aromatic heterocycles. The minimum atomic E-state index is -2.09. The van der Waals surface area contributed by atoms with Crippen LogP contribution in [0.3, 0.4) is 0 Å². The fourth-order valence-electron chi connectivity index (χ4n) is 3.29. The number of esters is 3. The van der Waals surface area contributed by atoms with E-state index in [1.807, 2.05) is 0 Å². The standard InChI is InChI=1S/C20H20FNO10/c1-9(23)28-8-14-15(21)16(29-10(2)24)17(30-11(3)25)20(31-14)32-22-18(26)12-6-4-5-7-13(12)19(22)27/h4-7,14-17,20H,8H2,1-3H3/t14?,15?,16?,17-,20?/m1/s1. The molecule has 2 aliphatic heterocycles. The SMILES string of the molecule is CC(=O)OCC1OC(ON2C(=O)c3ccccc3C2=O)[C@H](OC(C)=O)C(OC(C)=O)C1F. The number of amides is 2. The van der Waals surface area contributed by atoms with Gasteiger partial charge in [-0.05, 0) is 12.1 Å². The number of hydrogen-bond acceptors (Lipinski definition) is 10. The van der Waals surface area contributed by atoms with Crippen LogP contribution in [0.15, 0.2) is 24.3 Å². The van der Waals surface area contributed by atoms with Crippen molar-refractivity contribution in [1.29, 1.82) is 0 Å². The summed E-state index contributed by atoms with van der Waals surface area (Å²) in [5.74, 6) is -4.16. The Kier molecular flexibility index (Phi) is 6.84. The molecule has 2 amide bonds. The van der Waals surface area contributed by atoms with Gasteiger partial charge in [-0.1, -0.05) is 12.1 Å². The number of halogens is 1. The highest BCUT2D eigenvalue weighted by atomic mass is 19.1. The number of carbonyl (C=O) groups excluding carboxylic acids is 5. The second kappa shape index (κ2) is 9.40. The van der Waals surface area contributed by atoms with E-state index in [-0.39, 0.29) is 11.1 Å². The molecule has 0 bridgehead atoms. The van der Waals surface area contributed by atoms with E-state index in [1.165, 1.54) is 12.1 Å². The lowest BCUT2D eigenvalue weighted by Gasteiger charge is -2.42. The van der Waals surface area contributed by atoms with E-state index in [0.29, 0.717) is 5.06 Å². The minimum Gasteiger partial charge on any atom is -0.463 e. The zero-order valence-electron chi connectivity index (χ0n) is 17.3. The normalized spacial score (nSPS) is 27.0. The van der Waals surface area contributed by atoms with Gasteiger partial charge < -0.3 is 18.9 Å². The van der Waals surface area contributed by atoms with E-state index >= 15 is 4.39 Å². The number of imide groups is 1. The molecular formula is C20H20FNO10. The summed E-state index contributed by atoms with van der Waals surface area (Å²) >= 11 is 0. The Labute approximate surface area is 181 Å². The van der Waals surface area contributed by atoms with Gasteiger partial charge in [0.15, 0.2) is 18.4 Å². The predicted molar refractivity (Wildman–Crippen MR) is 99.3 cm³/mol. The van der Waals surface area contributed by atoms with Gasteiger partial charge >= 0.3 is 17.9 Å². The second-order valence-corrected chi connectivity index (χ2v) is 6.99. The van der Waals surface area contributed by atoms with Crippen LogP contribution in [0, 0.1) is 0 Å². The van der Waals surface area contributed by atoms with Crippen LogP contribution >= 0.6 is 0 Å². The number of ether oxygens (including phenoxy) is 4. The van der Waals surface area contributed by atoms with E-state index in [4.69, 9.17) is 23.8 Å². The van der Waals surface area contributed by atoms with Gasteiger partial charge in [-0.3, -0.25) is 24.0 Å². The molecule has 0 saturated carbocycles. The van der Waals surface area contributed by atoms with Gasteiger partial charge in [-0.15, -0.1) is 5.06 Å². The number of hydroxylamine groups is 2. The van der Waals surface area contributed by atoms with Crippen molar-refractivity contribution >= 4 is 29.7 Å². The lowest BCUT2D eigenvalue weighted by atomic mass is 10.00. The molecule has 1 saturated heterocycles. The summed E-state index contributed by atoms with van der Waals surface area (Å²) in [6.07, 6.45) is -8.77. The number of nitrogens with zero attached hydrogens (tertiary/aromatic N) is 1. The lowest BCUT2D eigenvalue weighted by Crippen LogP contribution is -2.61. The average Bonchev–Trinajstić information content (AvgIpc) is 2.96. The van der Waals surface area contributed by atoms with Gasteiger partial charge in [0, 0.05) is 20.8 Å². The molecule has 0 radical (unpaired) electrons. The highest BCUT2D eigenvalue weighted by molar-refractivity contribution is 6.20. The molecule has 0 spiro atoms. The topological polar surface area (TPSA) is 135 Å². The molecule has 4 unspecified atom stereocenters. The summed E-state index contributed by atoms with van der Waals surface area (Å²) < 4.78 is 35.4. The summed E-state index contributed by atoms with van der Waals surface area (Å²) in [5, 5.41) is 0.387. The van der Waals surface area contributed by atoms with Gasteiger partial charge in [0.2, 0.25) is 6.29 Å². The molecule has 1 fully saturated rings. The van der Waals surface area contributed by atoms with Crippen LogP contribution in [0.1, 0.15) is 41.5 Å². The molecule has 3 rings (SSSR count). The number of hydrogen-bond donors (Lipinski definition) is 0. The van der Waals surface area contributed by atoms with Crippen molar-refractivity contribution in [2.45, 2.75) is 51.5 Å². The summed E-state index contributed by atoms with van der Waals surface area (Å²) in [5.41, 5.74) is 0.127. The maximum absolute atomic E-state index is 15.1. The Hall–Kier alpha value is -3.38. The fraction of sp³-hybridized carbons (Fsp3) is 0.450. The Morgan fingerprint density at radius 2 is 1.47 bits per heavy atom. The van der Waals surface area contributed by atoms with E-state index in [2.05, 4.69) is 0 Å². The molecule has 1 aromatic carbocycles. The van der Waals surface area contributed by atoms with Crippen LogP contribution in [0.5, 0.6) is 0 Å². The smallest absolute Gasteiger partial charge is 0.303 e. The number of fused-ring (bicyclic) bond motifs is 1. The molecule has 32 heavy (non-hydrogen) atoms. The first-order valence-electron chi connectivity index (χ1n) is 9.52. The van der Waals surface area contributed by atoms with Crippen LogP contribution in [0.2, 0.25) is 0 Å². The number of rotatable bonds is 6. The fourth-order valence-corrected chi connectivity index (χ4v) is 3.29.